The van der Waals surface area contributed by atoms with Crippen molar-refractivity contribution in [2.75, 3.05) is 20.3 Å². The van der Waals surface area contributed by atoms with Crippen LogP contribution in [0.2, 0.25) is 0 Å². The van der Waals surface area contributed by atoms with Crippen LogP contribution in [0.25, 0.3) is 0 Å². The van der Waals surface area contributed by atoms with Gasteiger partial charge in [0.2, 0.25) is 0 Å². The Bertz CT molecular complexity index is 561. The molecule has 2 rings (SSSR count). The lowest BCUT2D eigenvalue weighted by Gasteiger charge is -2.14. The zero-order valence-electron chi connectivity index (χ0n) is 11.7. The molecule has 0 amide bonds. The second-order valence-electron chi connectivity index (χ2n) is 4.44. The predicted molar refractivity (Wildman–Crippen MR) is 88.2 cm³/mol. The lowest BCUT2D eigenvalue weighted by Crippen LogP contribution is -2.31. The third-order valence-corrected chi connectivity index (χ3v) is 4.78. The molecule has 1 atom stereocenters. The van der Waals surface area contributed by atoms with Gasteiger partial charge in [0, 0.05) is 22.4 Å². The van der Waals surface area contributed by atoms with Crippen molar-refractivity contribution in [2.24, 2.45) is 0 Å². The van der Waals surface area contributed by atoms with Gasteiger partial charge in [0.1, 0.15) is 12.7 Å². The van der Waals surface area contributed by atoms with Crippen LogP contribution in [-0.4, -0.2) is 31.5 Å². The van der Waals surface area contributed by atoms with Crippen molar-refractivity contribution in [3.05, 3.63) is 45.1 Å². The Kier molecular flexibility index (Phi) is 6.50. The van der Waals surface area contributed by atoms with E-state index in [9.17, 15) is 5.11 Å². The highest BCUT2D eigenvalue weighted by molar-refractivity contribution is 9.10. The zero-order valence-corrected chi connectivity index (χ0v) is 14.1. The number of hydrogen-bond donors (Lipinski definition) is 2. The number of aliphatic hydroxyl groups is 1. The molecular weight excluding hydrogens is 354 g/mol. The second kappa shape index (κ2) is 8.38. The molecule has 0 aliphatic heterocycles. The van der Waals surface area contributed by atoms with E-state index in [4.69, 9.17) is 9.47 Å². The van der Waals surface area contributed by atoms with Crippen LogP contribution in [0.3, 0.4) is 0 Å². The molecule has 0 saturated heterocycles. The van der Waals surface area contributed by atoms with Crippen LogP contribution < -0.4 is 14.8 Å². The number of halogens is 1. The molecule has 114 valence electrons. The summed E-state index contributed by atoms with van der Waals surface area (Å²) in [6, 6.07) is 9.41. The highest BCUT2D eigenvalue weighted by atomic mass is 79.9. The van der Waals surface area contributed by atoms with Gasteiger partial charge >= 0.3 is 0 Å². The van der Waals surface area contributed by atoms with Crippen molar-refractivity contribution in [3.8, 4) is 11.5 Å². The Morgan fingerprint density at radius 2 is 2.05 bits per heavy atom. The number of hydrogen-bond acceptors (Lipinski definition) is 5. The van der Waals surface area contributed by atoms with Crippen molar-refractivity contribution in [3.63, 3.8) is 0 Å². The van der Waals surface area contributed by atoms with Gasteiger partial charge in [-0.05, 0) is 39.5 Å². The maximum atomic E-state index is 9.94. The number of rotatable bonds is 8. The van der Waals surface area contributed by atoms with Gasteiger partial charge < -0.3 is 19.9 Å². The van der Waals surface area contributed by atoms with Crippen molar-refractivity contribution < 1.29 is 14.6 Å². The normalized spacial score (nSPS) is 12.1. The third kappa shape index (κ3) is 5.00. The van der Waals surface area contributed by atoms with Gasteiger partial charge in [-0.1, -0.05) is 12.1 Å². The molecule has 21 heavy (non-hydrogen) atoms. The Morgan fingerprint density at radius 1 is 1.29 bits per heavy atom. The molecule has 0 radical (unpaired) electrons. The van der Waals surface area contributed by atoms with Crippen molar-refractivity contribution in [1.29, 1.82) is 0 Å². The molecule has 0 aliphatic carbocycles. The van der Waals surface area contributed by atoms with Gasteiger partial charge in [-0.2, -0.15) is 0 Å². The standard InChI is InChI=1S/C15H18BrNO3S/c1-19-13-4-2-3-5-14(13)20-10-11(18)8-17-9-15-12(16)6-7-21-15/h2-7,11,17-18H,8-10H2,1H3. The van der Waals surface area contributed by atoms with Crippen LogP contribution >= 0.6 is 27.3 Å². The minimum Gasteiger partial charge on any atom is -0.493 e. The number of aliphatic hydroxyl groups excluding tert-OH is 1. The smallest absolute Gasteiger partial charge is 0.161 e. The topological polar surface area (TPSA) is 50.7 Å². The molecular formula is C15H18BrNO3S. The molecule has 0 bridgehead atoms. The van der Waals surface area contributed by atoms with Crippen molar-refractivity contribution in [2.45, 2.75) is 12.6 Å². The van der Waals surface area contributed by atoms with Gasteiger partial charge in [0.15, 0.2) is 11.5 Å². The van der Waals surface area contributed by atoms with Gasteiger partial charge in [-0.15, -0.1) is 11.3 Å². The van der Waals surface area contributed by atoms with Crippen LogP contribution in [-0.2, 0) is 6.54 Å². The Balaban J connectivity index is 1.72. The molecule has 1 unspecified atom stereocenters. The number of nitrogens with one attached hydrogen (secondary N) is 1. The van der Waals surface area contributed by atoms with E-state index in [1.807, 2.05) is 35.7 Å². The summed E-state index contributed by atoms with van der Waals surface area (Å²) in [5.41, 5.74) is 0. The first-order valence-electron chi connectivity index (χ1n) is 6.57. The van der Waals surface area contributed by atoms with E-state index < -0.39 is 6.10 Å². The fourth-order valence-corrected chi connectivity index (χ4v) is 3.25. The van der Waals surface area contributed by atoms with Crippen LogP contribution in [0.15, 0.2) is 40.2 Å². The number of ether oxygens (including phenoxy) is 2. The Hall–Kier alpha value is -1.08. The average Bonchev–Trinajstić information content (AvgIpc) is 2.91. The monoisotopic (exact) mass is 371 g/mol. The lowest BCUT2D eigenvalue weighted by atomic mass is 10.3. The van der Waals surface area contributed by atoms with Crippen molar-refractivity contribution >= 4 is 27.3 Å². The van der Waals surface area contributed by atoms with E-state index in [0.29, 0.717) is 18.0 Å². The summed E-state index contributed by atoms with van der Waals surface area (Å²) in [7, 11) is 1.60. The minimum atomic E-state index is -0.575. The van der Waals surface area contributed by atoms with Crippen LogP contribution in [0.4, 0.5) is 0 Å². The summed E-state index contributed by atoms with van der Waals surface area (Å²) >= 11 is 5.16. The first kappa shape index (κ1) is 16.3. The highest BCUT2D eigenvalue weighted by Gasteiger charge is 2.08. The first-order chi connectivity index (χ1) is 10.2. The largest absolute Gasteiger partial charge is 0.493 e. The summed E-state index contributed by atoms with van der Waals surface area (Å²) in [6.07, 6.45) is -0.575. The maximum Gasteiger partial charge on any atom is 0.161 e. The number of methoxy groups -OCH3 is 1. The first-order valence-corrected chi connectivity index (χ1v) is 8.24. The van der Waals surface area contributed by atoms with Crippen LogP contribution in [0, 0.1) is 0 Å². The summed E-state index contributed by atoms with van der Waals surface area (Å²) in [6.45, 7) is 1.42. The van der Waals surface area contributed by atoms with Crippen molar-refractivity contribution in [1.82, 2.24) is 5.32 Å². The Labute approximate surface area is 136 Å². The summed E-state index contributed by atoms with van der Waals surface area (Å²) in [5.74, 6) is 1.31. The molecule has 1 aromatic heterocycles. The highest BCUT2D eigenvalue weighted by Crippen LogP contribution is 2.25. The van der Waals surface area contributed by atoms with Gasteiger partial charge in [-0.3, -0.25) is 0 Å². The van der Waals surface area contributed by atoms with Crippen LogP contribution in [0.1, 0.15) is 4.88 Å². The molecule has 0 aliphatic rings. The Morgan fingerprint density at radius 3 is 2.71 bits per heavy atom. The fourth-order valence-electron chi connectivity index (χ4n) is 1.79. The van der Waals surface area contributed by atoms with Gasteiger partial charge in [0.25, 0.3) is 0 Å². The molecule has 1 heterocycles. The van der Waals surface area contributed by atoms with Gasteiger partial charge in [-0.25, -0.2) is 0 Å². The number of benzene rings is 1. The quantitative estimate of drug-likeness (QED) is 0.748. The number of thiophene rings is 1. The third-order valence-electron chi connectivity index (χ3n) is 2.86. The van der Waals surface area contributed by atoms with E-state index >= 15 is 0 Å². The van der Waals surface area contributed by atoms with E-state index in [-0.39, 0.29) is 6.61 Å². The molecule has 2 aromatic rings. The second-order valence-corrected chi connectivity index (χ2v) is 6.29. The number of para-hydroxylation sites is 2. The molecule has 1 aromatic carbocycles. The molecule has 0 spiro atoms. The SMILES string of the molecule is COc1ccccc1OCC(O)CNCc1sccc1Br. The maximum absolute atomic E-state index is 9.94. The van der Waals surface area contributed by atoms with E-state index in [1.54, 1.807) is 18.4 Å². The lowest BCUT2D eigenvalue weighted by molar-refractivity contribution is 0.104. The van der Waals surface area contributed by atoms with E-state index in [1.165, 1.54) is 4.88 Å². The molecule has 2 N–H and O–H groups in total. The summed E-state index contributed by atoms with van der Waals surface area (Å²) < 4.78 is 11.9. The summed E-state index contributed by atoms with van der Waals surface area (Å²) in [5, 5.41) is 15.2. The molecule has 6 heteroatoms. The van der Waals surface area contributed by atoms with E-state index in [2.05, 4.69) is 21.2 Å². The predicted octanol–water partition coefficient (Wildman–Crippen LogP) is 3.05. The van der Waals surface area contributed by atoms with Crippen LogP contribution in [0.5, 0.6) is 11.5 Å². The molecule has 4 nitrogen and oxygen atoms in total. The summed E-state index contributed by atoms with van der Waals surface area (Å²) in [4.78, 5) is 1.22. The average molecular weight is 372 g/mol. The minimum absolute atomic E-state index is 0.221. The molecule has 0 saturated carbocycles. The fraction of sp³-hybridized carbons (Fsp3) is 0.333. The zero-order chi connectivity index (χ0) is 15.1. The van der Waals surface area contributed by atoms with Gasteiger partial charge in [0.05, 0.1) is 7.11 Å². The van der Waals surface area contributed by atoms with E-state index in [0.717, 1.165) is 11.0 Å². The molecule has 0 fully saturated rings.